The van der Waals surface area contributed by atoms with Crippen molar-refractivity contribution in [2.24, 2.45) is 5.10 Å². The van der Waals surface area contributed by atoms with Gasteiger partial charge in [-0.15, -0.1) is 16.9 Å². The number of aromatic nitrogens is 5. The van der Waals surface area contributed by atoms with Gasteiger partial charge in [0, 0.05) is 16.2 Å². The molecule has 2 aromatic heterocycles. The molecule has 3 N–H and O–H groups in total. The summed E-state index contributed by atoms with van der Waals surface area (Å²) in [5.41, 5.74) is 11.5. The number of thioether (sulfide) groups is 1. The van der Waals surface area contributed by atoms with Crippen LogP contribution in [0.1, 0.15) is 41.2 Å². The topological polar surface area (TPSA) is 146 Å². The second-order valence-corrected chi connectivity index (χ2v) is 8.49. The molecule has 12 heteroatoms. The summed E-state index contributed by atoms with van der Waals surface area (Å²) in [6, 6.07) is 15.5. The molecule has 1 amide bonds. The molecular weight excluding hydrogens is 468 g/mol. The number of nitrogens with one attached hydrogen (secondary N) is 1. The van der Waals surface area contributed by atoms with Gasteiger partial charge in [0.1, 0.15) is 5.75 Å². The fraction of sp³-hybridized carbons (Fsp3) is 0.217. The Bertz CT molecular complexity index is 1350. The van der Waals surface area contributed by atoms with Gasteiger partial charge in [0.25, 0.3) is 5.91 Å². The smallest absolute Gasteiger partial charge is 0.293 e. The third-order valence-corrected chi connectivity index (χ3v) is 6.00. The van der Waals surface area contributed by atoms with Gasteiger partial charge >= 0.3 is 0 Å². The van der Waals surface area contributed by atoms with Crippen LogP contribution >= 0.6 is 11.8 Å². The number of nitrogens with zero attached hydrogens (tertiary/aromatic N) is 6. The van der Waals surface area contributed by atoms with Gasteiger partial charge in [-0.2, -0.15) is 9.78 Å². The van der Waals surface area contributed by atoms with Gasteiger partial charge in [-0.25, -0.2) is 10.1 Å². The van der Waals surface area contributed by atoms with Gasteiger partial charge in [0.15, 0.2) is 5.69 Å². The van der Waals surface area contributed by atoms with Crippen molar-refractivity contribution in [3.8, 4) is 11.6 Å². The molecule has 0 fully saturated rings. The molecule has 0 atom stereocenters. The zero-order valence-corrected chi connectivity index (χ0v) is 20.2. The molecule has 2 aromatic carbocycles. The van der Waals surface area contributed by atoms with Gasteiger partial charge in [-0.1, -0.05) is 35.0 Å². The number of nitrogen functional groups attached to an aromatic ring is 1. The average molecular weight is 493 g/mol. The van der Waals surface area contributed by atoms with E-state index in [-0.39, 0.29) is 17.3 Å². The number of hydrogen-bond acceptors (Lipinski definition) is 10. The summed E-state index contributed by atoms with van der Waals surface area (Å²) in [6.07, 6.45) is 0. The number of amides is 1. The Labute approximate surface area is 205 Å². The van der Waals surface area contributed by atoms with E-state index in [9.17, 15) is 4.79 Å². The van der Waals surface area contributed by atoms with Gasteiger partial charge in [-0.3, -0.25) is 4.79 Å². The van der Waals surface area contributed by atoms with Crippen LogP contribution in [0.25, 0.3) is 5.82 Å². The van der Waals surface area contributed by atoms with Crippen molar-refractivity contribution in [2.75, 3.05) is 12.3 Å². The summed E-state index contributed by atoms with van der Waals surface area (Å²) in [4.78, 5) is 14.1. The van der Waals surface area contributed by atoms with E-state index in [2.05, 4.69) is 31.2 Å². The molecule has 180 valence electrons. The Morgan fingerprint density at radius 2 is 1.97 bits per heavy atom. The van der Waals surface area contributed by atoms with E-state index in [0.29, 0.717) is 29.5 Å². The lowest BCUT2D eigenvalue weighted by Crippen LogP contribution is -2.21. The molecular formula is C23H24N8O3S. The van der Waals surface area contributed by atoms with Crippen LogP contribution in [0, 0.1) is 6.92 Å². The minimum absolute atomic E-state index is 0.0323. The molecule has 0 aliphatic carbocycles. The average Bonchev–Trinajstić information content (AvgIpc) is 3.48. The molecule has 0 radical (unpaired) electrons. The maximum Gasteiger partial charge on any atom is 0.293 e. The maximum absolute atomic E-state index is 13.1. The Morgan fingerprint density at radius 3 is 2.69 bits per heavy atom. The number of rotatable bonds is 9. The van der Waals surface area contributed by atoms with E-state index in [1.807, 2.05) is 62.4 Å². The van der Waals surface area contributed by atoms with Crippen molar-refractivity contribution in [1.82, 2.24) is 30.7 Å². The van der Waals surface area contributed by atoms with E-state index >= 15 is 0 Å². The van der Waals surface area contributed by atoms with Crippen molar-refractivity contribution < 1.29 is 14.2 Å². The lowest BCUT2D eigenvalue weighted by Gasteiger charge is -2.09. The molecule has 35 heavy (non-hydrogen) atoms. The van der Waals surface area contributed by atoms with Gasteiger partial charge in [-0.05, 0) is 55.4 Å². The van der Waals surface area contributed by atoms with Crippen molar-refractivity contribution in [3.63, 3.8) is 0 Å². The summed E-state index contributed by atoms with van der Waals surface area (Å²) < 4.78 is 11.7. The van der Waals surface area contributed by atoms with Crippen LogP contribution in [-0.4, -0.2) is 43.5 Å². The van der Waals surface area contributed by atoms with Crippen LogP contribution in [-0.2, 0) is 5.75 Å². The fourth-order valence-electron chi connectivity index (χ4n) is 3.20. The van der Waals surface area contributed by atoms with Crippen molar-refractivity contribution >= 4 is 29.2 Å². The third kappa shape index (κ3) is 5.49. The minimum Gasteiger partial charge on any atom is -0.493 e. The first kappa shape index (κ1) is 24.0. The number of hydrazone groups is 1. The molecule has 0 saturated heterocycles. The molecule has 4 aromatic rings. The van der Waals surface area contributed by atoms with E-state index < -0.39 is 5.91 Å². The number of carbonyl (C=O) groups is 1. The predicted molar refractivity (Wildman–Crippen MR) is 132 cm³/mol. The second-order valence-electron chi connectivity index (χ2n) is 7.44. The van der Waals surface area contributed by atoms with Gasteiger partial charge in [0.05, 0.1) is 18.0 Å². The van der Waals surface area contributed by atoms with Crippen LogP contribution in [0.5, 0.6) is 5.75 Å². The highest BCUT2D eigenvalue weighted by Crippen LogP contribution is 2.26. The molecule has 0 unspecified atom stereocenters. The molecule has 0 bridgehead atoms. The van der Waals surface area contributed by atoms with Crippen LogP contribution < -0.4 is 15.9 Å². The second kappa shape index (κ2) is 10.8. The van der Waals surface area contributed by atoms with Crippen LogP contribution in [0.2, 0.25) is 0 Å². The summed E-state index contributed by atoms with van der Waals surface area (Å²) in [5, 5.41) is 19.8. The summed E-state index contributed by atoms with van der Waals surface area (Å²) in [6.45, 7) is 6.22. The van der Waals surface area contributed by atoms with Crippen LogP contribution in [0.3, 0.4) is 0 Å². The van der Waals surface area contributed by atoms with Crippen molar-refractivity contribution in [2.45, 2.75) is 31.4 Å². The number of benzene rings is 2. The molecule has 11 nitrogen and oxygen atoms in total. The minimum atomic E-state index is -0.529. The Hall–Kier alpha value is -4.19. The summed E-state index contributed by atoms with van der Waals surface area (Å²) >= 11 is 1.51. The first-order valence-corrected chi connectivity index (χ1v) is 11.8. The number of ether oxygens (including phenoxy) is 1. The lowest BCUT2D eigenvalue weighted by molar-refractivity contribution is 0.0949. The van der Waals surface area contributed by atoms with Crippen LogP contribution in [0.4, 0.5) is 5.82 Å². The molecule has 0 aliphatic rings. The van der Waals surface area contributed by atoms with E-state index in [4.69, 9.17) is 15.1 Å². The standard InChI is InChI=1S/C23H24N8O3S/c1-4-33-19-8-6-5-7-17(19)15(3)25-27-23(32)20-18(13-35-16-11-9-14(2)10-12-16)31(30-26-20)22-21(24)28-34-29-22/h5-12H,4,13H2,1-3H3,(H2,24,28)(H,27,32)/b25-15+. The van der Waals surface area contributed by atoms with E-state index in [1.54, 1.807) is 6.92 Å². The number of para-hydroxylation sites is 1. The Kier molecular flexibility index (Phi) is 7.41. The zero-order chi connectivity index (χ0) is 24.8. The van der Waals surface area contributed by atoms with Crippen molar-refractivity contribution in [1.29, 1.82) is 0 Å². The number of carbonyl (C=O) groups excluding carboxylic acids is 1. The third-order valence-electron chi connectivity index (χ3n) is 4.97. The zero-order valence-electron chi connectivity index (χ0n) is 19.4. The monoisotopic (exact) mass is 492 g/mol. The number of nitrogens with two attached hydrogens (primary N) is 1. The Balaban J connectivity index is 1.60. The van der Waals surface area contributed by atoms with Crippen molar-refractivity contribution in [3.05, 3.63) is 71.0 Å². The molecule has 0 aliphatic heterocycles. The highest BCUT2D eigenvalue weighted by Gasteiger charge is 2.24. The number of anilines is 1. The molecule has 2 heterocycles. The maximum atomic E-state index is 13.1. The first-order chi connectivity index (χ1) is 17.0. The largest absolute Gasteiger partial charge is 0.493 e. The molecule has 0 saturated carbocycles. The van der Waals surface area contributed by atoms with Crippen LogP contribution in [0.15, 0.2) is 63.2 Å². The van der Waals surface area contributed by atoms with E-state index in [0.717, 1.165) is 16.0 Å². The lowest BCUT2D eigenvalue weighted by atomic mass is 10.1. The molecule has 4 rings (SSSR count). The molecule has 0 spiro atoms. The first-order valence-electron chi connectivity index (χ1n) is 10.8. The number of hydrogen-bond donors (Lipinski definition) is 2. The SMILES string of the molecule is CCOc1ccccc1/C(C)=N/NC(=O)c1nnn(-c2nonc2N)c1CSc1ccc(C)cc1. The van der Waals surface area contributed by atoms with Gasteiger partial charge < -0.3 is 10.5 Å². The summed E-state index contributed by atoms with van der Waals surface area (Å²) in [7, 11) is 0. The fourth-order valence-corrected chi connectivity index (χ4v) is 4.09. The Morgan fingerprint density at radius 1 is 1.20 bits per heavy atom. The summed E-state index contributed by atoms with van der Waals surface area (Å²) in [5.74, 6) is 0.701. The highest BCUT2D eigenvalue weighted by atomic mass is 32.2. The normalized spacial score (nSPS) is 11.5. The quantitative estimate of drug-likeness (QED) is 0.204. The highest BCUT2D eigenvalue weighted by molar-refractivity contribution is 7.98. The van der Waals surface area contributed by atoms with Gasteiger partial charge in [0.2, 0.25) is 11.6 Å². The number of aryl methyl sites for hydroxylation is 1. The van der Waals surface area contributed by atoms with E-state index in [1.165, 1.54) is 16.4 Å². The predicted octanol–water partition coefficient (Wildman–Crippen LogP) is 3.39.